The number of aromatic nitrogens is 2. The molecule has 2 aromatic rings. The Bertz CT molecular complexity index is 716. The van der Waals surface area contributed by atoms with Crippen molar-refractivity contribution in [1.29, 1.82) is 0 Å². The van der Waals surface area contributed by atoms with Crippen molar-refractivity contribution in [2.24, 2.45) is 7.05 Å². The summed E-state index contributed by atoms with van der Waals surface area (Å²) in [6.07, 6.45) is 0. The van der Waals surface area contributed by atoms with Crippen LogP contribution < -0.4 is 11.1 Å². The van der Waals surface area contributed by atoms with Crippen LogP contribution in [0.2, 0.25) is 0 Å². The van der Waals surface area contributed by atoms with Gasteiger partial charge >= 0.3 is 0 Å². The number of likely N-dealkylation sites (N-methyl/N-ethyl adjacent to an activating group) is 1. The van der Waals surface area contributed by atoms with Gasteiger partial charge in [-0.15, -0.1) is 11.3 Å². The molecule has 2 aromatic heterocycles. The Labute approximate surface area is 126 Å². The third kappa shape index (κ3) is 2.58. The second-order valence-electron chi connectivity index (χ2n) is 5.16. The van der Waals surface area contributed by atoms with Gasteiger partial charge in [0, 0.05) is 21.1 Å². The maximum absolute atomic E-state index is 12.3. The molecule has 8 heteroatoms. The molecule has 0 aliphatic rings. The van der Waals surface area contributed by atoms with Gasteiger partial charge in [-0.05, 0) is 13.8 Å². The van der Waals surface area contributed by atoms with Crippen molar-refractivity contribution in [3.63, 3.8) is 0 Å². The van der Waals surface area contributed by atoms with Crippen molar-refractivity contribution >= 4 is 39.1 Å². The first-order valence-electron chi connectivity index (χ1n) is 6.47. The molecule has 2 heterocycles. The molecule has 21 heavy (non-hydrogen) atoms. The van der Waals surface area contributed by atoms with E-state index in [1.807, 2.05) is 14.0 Å². The van der Waals surface area contributed by atoms with Gasteiger partial charge in [-0.25, -0.2) is 0 Å². The third-order valence-electron chi connectivity index (χ3n) is 3.25. The van der Waals surface area contributed by atoms with E-state index in [0.29, 0.717) is 10.6 Å². The van der Waals surface area contributed by atoms with Crippen molar-refractivity contribution in [2.75, 3.05) is 19.8 Å². The van der Waals surface area contributed by atoms with Crippen LogP contribution in [0.25, 0.3) is 10.2 Å². The molecule has 7 nitrogen and oxygen atoms in total. The Morgan fingerprint density at radius 1 is 1.43 bits per heavy atom. The monoisotopic (exact) mass is 309 g/mol. The summed E-state index contributed by atoms with van der Waals surface area (Å²) >= 11 is 1.28. The summed E-state index contributed by atoms with van der Waals surface area (Å²) in [7, 11) is 5.10. The average Bonchev–Trinajstić information content (AvgIpc) is 2.88. The normalized spacial score (nSPS) is 12.4. The molecule has 114 valence electrons. The lowest BCUT2D eigenvalue weighted by Crippen LogP contribution is -2.44. The van der Waals surface area contributed by atoms with Gasteiger partial charge in [-0.3, -0.25) is 14.3 Å². The quantitative estimate of drug-likeness (QED) is 0.874. The zero-order valence-corrected chi connectivity index (χ0v) is 13.5. The molecular formula is C13H19N5O2S. The molecule has 0 fully saturated rings. The van der Waals surface area contributed by atoms with Crippen molar-refractivity contribution in [1.82, 2.24) is 20.0 Å². The second-order valence-corrected chi connectivity index (χ2v) is 6.16. The number of nitrogens with one attached hydrogen (secondary N) is 1. The number of carbonyl (C=O) groups excluding carboxylic acids is 2. The summed E-state index contributed by atoms with van der Waals surface area (Å²) in [5.41, 5.74) is 7.28. The molecule has 2 rings (SSSR count). The molecule has 0 bridgehead atoms. The van der Waals surface area contributed by atoms with Crippen LogP contribution in [0, 0.1) is 6.92 Å². The van der Waals surface area contributed by atoms with Gasteiger partial charge in [0.2, 0.25) is 5.91 Å². The molecule has 2 amide bonds. The number of rotatable bonds is 3. The van der Waals surface area contributed by atoms with E-state index in [2.05, 4.69) is 10.4 Å². The predicted octanol–water partition coefficient (Wildman–Crippen LogP) is 0.732. The van der Waals surface area contributed by atoms with Crippen LogP contribution in [0.1, 0.15) is 22.3 Å². The first-order valence-corrected chi connectivity index (χ1v) is 7.29. The zero-order chi connectivity index (χ0) is 15.9. The predicted molar refractivity (Wildman–Crippen MR) is 83.4 cm³/mol. The van der Waals surface area contributed by atoms with Crippen LogP contribution in [0.4, 0.5) is 5.69 Å². The summed E-state index contributed by atoms with van der Waals surface area (Å²) in [6.45, 7) is 3.50. The lowest BCUT2D eigenvalue weighted by Gasteiger charge is -2.17. The average molecular weight is 309 g/mol. The Morgan fingerprint density at radius 2 is 2.05 bits per heavy atom. The number of anilines is 1. The Balaban J connectivity index is 2.30. The first kappa shape index (κ1) is 15.3. The van der Waals surface area contributed by atoms with Crippen LogP contribution in [-0.4, -0.2) is 46.6 Å². The minimum Gasteiger partial charge on any atom is -0.397 e. The molecule has 0 aliphatic heterocycles. The van der Waals surface area contributed by atoms with E-state index in [4.69, 9.17) is 5.73 Å². The molecule has 0 aromatic carbocycles. The van der Waals surface area contributed by atoms with Gasteiger partial charge in [0.1, 0.15) is 15.7 Å². The van der Waals surface area contributed by atoms with E-state index in [0.717, 1.165) is 15.9 Å². The Kier molecular flexibility index (Phi) is 3.91. The highest BCUT2D eigenvalue weighted by atomic mass is 32.1. The fraction of sp³-hybridized carbons (Fsp3) is 0.462. The summed E-state index contributed by atoms with van der Waals surface area (Å²) in [4.78, 5) is 26.8. The summed E-state index contributed by atoms with van der Waals surface area (Å²) in [5.74, 6) is -0.503. The highest BCUT2D eigenvalue weighted by molar-refractivity contribution is 7.21. The first-order chi connectivity index (χ1) is 9.73. The molecule has 1 atom stereocenters. The zero-order valence-electron chi connectivity index (χ0n) is 12.7. The van der Waals surface area contributed by atoms with E-state index in [9.17, 15) is 9.59 Å². The number of amides is 2. The lowest BCUT2D eigenvalue weighted by atomic mass is 10.2. The largest absolute Gasteiger partial charge is 0.397 e. The standard InChI is InChI=1S/C13H19N5O2S/c1-6-8-9(14)10(21-13(8)18(5)16-6)11(19)15-7(2)12(20)17(3)4/h7H,14H2,1-5H3,(H,15,19). The van der Waals surface area contributed by atoms with Crippen LogP contribution in [0.5, 0.6) is 0 Å². The van der Waals surface area contributed by atoms with Gasteiger partial charge in [0.05, 0.1) is 16.8 Å². The smallest absolute Gasteiger partial charge is 0.264 e. The van der Waals surface area contributed by atoms with Crippen LogP contribution in [0.15, 0.2) is 0 Å². The van der Waals surface area contributed by atoms with E-state index < -0.39 is 6.04 Å². The number of nitrogen functional groups attached to an aromatic ring is 1. The van der Waals surface area contributed by atoms with Crippen molar-refractivity contribution in [2.45, 2.75) is 19.9 Å². The Hall–Kier alpha value is -2.09. The molecule has 0 saturated heterocycles. The van der Waals surface area contributed by atoms with Crippen LogP contribution in [-0.2, 0) is 11.8 Å². The molecule has 0 spiro atoms. The fourth-order valence-corrected chi connectivity index (χ4v) is 3.30. The van der Waals surface area contributed by atoms with Crippen molar-refractivity contribution in [3.05, 3.63) is 10.6 Å². The number of hydrogen-bond acceptors (Lipinski definition) is 5. The number of nitrogens with two attached hydrogens (primary N) is 1. The highest BCUT2D eigenvalue weighted by Gasteiger charge is 2.24. The minimum absolute atomic E-state index is 0.166. The number of aryl methyl sites for hydroxylation is 2. The summed E-state index contributed by atoms with van der Waals surface area (Å²) < 4.78 is 1.71. The van der Waals surface area contributed by atoms with E-state index in [-0.39, 0.29) is 11.8 Å². The molecule has 0 aliphatic carbocycles. The minimum atomic E-state index is -0.601. The van der Waals surface area contributed by atoms with Crippen molar-refractivity contribution in [3.8, 4) is 0 Å². The van der Waals surface area contributed by atoms with E-state index >= 15 is 0 Å². The molecule has 3 N–H and O–H groups in total. The summed E-state index contributed by atoms with van der Waals surface area (Å²) in [6, 6.07) is -0.601. The van der Waals surface area contributed by atoms with Crippen molar-refractivity contribution < 1.29 is 9.59 Å². The number of thiophene rings is 1. The number of nitrogens with zero attached hydrogens (tertiary/aromatic N) is 3. The lowest BCUT2D eigenvalue weighted by molar-refractivity contribution is -0.130. The van der Waals surface area contributed by atoms with Gasteiger partial charge in [-0.2, -0.15) is 5.10 Å². The second kappa shape index (κ2) is 5.36. The number of carbonyl (C=O) groups is 2. The number of hydrogen-bond donors (Lipinski definition) is 2. The fourth-order valence-electron chi connectivity index (χ4n) is 2.21. The SMILES string of the molecule is Cc1nn(C)c2sc(C(=O)NC(C)C(=O)N(C)C)c(N)c12. The molecule has 0 radical (unpaired) electrons. The molecular weight excluding hydrogens is 290 g/mol. The summed E-state index contributed by atoms with van der Waals surface area (Å²) in [5, 5.41) is 7.76. The molecule has 0 saturated carbocycles. The topological polar surface area (TPSA) is 93.2 Å². The van der Waals surface area contributed by atoms with E-state index in [1.165, 1.54) is 16.2 Å². The van der Waals surface area contributed by atoms with Gasteiger partial charge in [-0.1, -0.05) is 0 Å². The Morgan fingerprint density at radius 3 is 2.57 bits per heavy atom. The maximum Gasteiger partial charge on any atom is 0.264 e. The van der Waals surface area contributed by atoms with Gasteiger partial charge < -0.3 is 16.0 Å². The maximum atomic E-state index is 12.3. The molecule has 1 unspecified atom stereocenters. The highest BCUT2D eigenvalue weighted by Crippen LogP contribution is 2.35. The van der Waals surface area contributed by atoms with Crippen LogP contribution in [0.3, 0.4) is 0 Å². The van der Waals surface area contributed by atoms with Crippen LogP contribution >= 0.6 is 11.3 Å². The van der Waals surface area contributed by atoms with Gasteiger partial charge in [0.25, 0.3) is 5.91 Å². The number of fused-ring (bicyclic) bond motifs is 1. The third-order valence-corrected chi connectivity index (χ3v) is 4.52. The van der Waals surface area contributed by atoms with Gasteiger partial charge in [0.15, 0.2) is 0 Å². The van der Waals surface area contributed by atoms with E-state index in [1.54, 1.807) is 25.7 Å².